The predicted molar refractivity (Wildman–Crippen MR) is 90.2 cm³/mol. The number of likely N-dealkylation sites (tertiary alicyclic amines) is 1. The van der Waals surface area contributed by atoms with Crippen LogP contribution in [0.5, 0.6) is 0 Å². The summed E-state index contributed by atoms with van der Waals surface area (Å²) in [5.74, 6) is 0. The molecule has 1 saturated heterocycles. The van der Waals surface area contributed by atoms with Crippen molar-refractivity contribution in [2.24, 2.45) is 0 Å². The lowest BCUT2D eigenvalue weighted by atomic mass is 10.2. The molecule has 0 spiro atoms. The molecule has 1 aliphatic rings. The summed E-state index contributed by atoms with van der Waals surface area (Å²) in [6.07, 6.45) is 7.31. The van der Waals surface area contributed by atoms with Crippen LogP contribution in [0.25, 0.3) is 10.9 Å². The second kappa shape index (κ2) is 7.10. The van der Waals surface area contributed by atoms with Crippen molar-refractivity contribution < 1.29 is 0 Å². The molecule has 1 aromatic heterocycles. The molecule has 2 aromatic rings. The fourth-order valence-electron chi connectivity index (χ4n) is 2.98. The molecule has 3 nitrogen and oxygen atoms in total. The van der Waals surface area contributed by atoms with Crippen molar-refractivity contribution >= 4 is 28.2 Å². The van der Waals surface area contributed by atoms with Gasteiger partial charge in [0.2, 0.25) is 0 Å². The number of benzene rings is 1. The molecule has 21 heavy (non-hydrogen) atoms. The van der Waals surface area contributed by atoms with Crippen LogP contribution in [0.2, 0.25) is 5.02 Å². The quantitative estimate of drug-likeness (QED) is 0.918. The van der Waals surface area contributed by atoms with Gasteiger partial charge in [-0.2, -0.15) is 0 Å². The largest absolute Gasteiger partial charge is 0.383 e. The summed E-state index contributed by atoms with van der Waals surface area (Å²) in [6, 6.07) is 7.92. The first-order chi connectivity index (χ1) is 10.3. The van der Waals surface area contributed by atoms with Gasteiger partial charge in [-0.3, -0.25) is 4.98 Å². The van der Waals surface area contributed by atoms with E-state index in [9.17, 15) is 0 Å². The van der Waals surface area contributed by atoms with Gasteiger partial charge in [-0.25, -0.2) is 0 Å². The molecule has 0 radical (unpaired) electrons. The monoisotopic (exact) mass is 303 g/mol. The maximum Gasteiger partial charge on any atom is 0.0737 e. The average Bonchev–Trinajstić information content (AvgIpc) is 2.76. The van der Waals surface area contributed by atoms with Crippen molar-refractivity contribution in [3.63, 3.8) is 0 Å². The second-order valence-electron chi connectivity index (χ2n) is 5.70. The van der Waals surface area contributed by atoms with Crippen LogP contribution in [0.3, 0.4) is 0 Å². The minimum absolute atomic E-state index is 0.733. The van der Waals surface area contributed by atoms with Gasteiger partial charge in [0.05, 0.1) is 5.52 Å². The van der Waals surface area contributed by atoms with Crippen LogP contribution in [0.4, 0.5) is 5.69 Å². The number of aromatic nitrogens is 1. The van der Waals surface area contributed by atoms with Gasteiger partial charge in [-0.05, 0) is 50.2 Å². The third kappa shape index (κ3) is 3.86. The van der Waals surface area contributed by atoms with Gasteiger partial charge in [-0.15, -0.1) is 0 Å². The molecule has 1 N–H and O–H groups in total. The summed E-state index contributed by atoms with van der Waals surface area (Å²) >= 11 is 6.03. The second-order valence-corrected chi connectivity index (χ2v) is 6.14. The highest BCUT2D eigenvalue weighted by atomic mass is 35.5. The van der Waals surface area contributed by atoms with E-state index < -0.39 is 0 Å². The molecule has 0 bridgehead atoms. The summed E-state index contributed by atoms with van der Waals surface area (Å²) in [5.41, 5.74) is 2.09. The SMILES string of the molecule is Clc1ccc2c(NCCN3CCCCCC3)ccnc2c1. The molecule has 2 heterocycles. The van der Waals surface area contributed by atoms with Crippen LogP contribution in [0, 0.1) is 0 Å². The molecule has 0 atom stereocenters. The Hall–Kier alpha value is -1.32. The summed E-state index contributed by atoms with van der Waals surface area (Å²) in [6.45, 7) is 4.57. The van der Waals surface area contributed by atoms with Gasteiger partial charge >= 0.3 is 0 Å². The Morgan fingerprint density at radius 2 is 1.90 bits per heavy atom. The molecule has 0 aliphatic carbocycles. The minimum Gasteiger partial charge on any atom is -0.383 e. The number of rotatable bonds is 4. The highest BCUT2D eigenvalue weighted by Gasteiger charge is 2.08. The summed E-state index contributed by atoms with van der Waals surface area (Å²) < 4.78 is 0. The van der Waals surface area contributed by atoms with Crippen molar-refractivity contribution in [2.75, 3.05) is 31.5 Å². The normalized spacial score (nSPS) is 16.8. The standard InChI is InChI=1S/C17H22ClN3/c18-14-5-6-15-16(7-8-19-17(15)13-14)20-9-12-21-10-3-1-2-4-11-21/h5-8,13H,1-4,9-12H2,(H,19,20). The number of hydrogen-bond donors (Lipinski definition) is 1. The van der Waals surface area contributed by atoms with Gasteiger partial charge < -0.3 is 10.2 Å². The molecule has 1 aliphatic heterocycles. The fraction of sp³-hybridized carbons (Fsp3) is 0.471. The summed E-state index contributed by atoms with van der Waals surface area (Å²) in [4.78, 5) is 6.95. The van der Waals surface area contributed by atoms with E-state index in [0.717, 1.165) is 34.7 Å². The van der Waals surface area contributed by atoms with Gasteiger partial charge in [-0.1, -0.05) is 24.4 Å². The van der Waals surface area contributed by atoms with Gasteiger partial charge in [0, 0.05) is 35.4 Å². The molecule has 0 unspecified atom stereocenters. The van der Waals surface area contributed by atoms with Crippen LogP contribution < -0.4 is 5.32 Å². The smallest absolute Gasteiger partial charge is 0.0737 e. The highest BCUT2D eigenvalue weighted by molar-refractivity contribution is 6.31. The third-order valence-corrected chi connectivity index (χ3v) is 4.38. The van der Waals surface area contributed by atoms with E-state index in [1.807, 2.05) is 30.5 Å². The van der Waals surface area contributed by atoms with E-state index in [-0.39, 0.29) is 0 Å². The van der Waals surface area contributed by atoms with E-state index in [4.69, 9.17) is 11.6 Å². The Morgan fingerprint density at radius 3 is 2.71 bits per heavy atom. The van der Waals surface area contributed by atoms with Crippen LogP contribution in [0.1, 0.15) is 25.7 Å². The first kappa shape index (κ1) is 14.6. The Morgan fingerprint density at radius 1 is 1.10 bits per heavy atom. The van der Waals surface area contributed by atoms with Crippen LogP contribution in [-0.2, 0) is 0 Å². The van der Waals surface area contributed by atoms with Crippen LogP contribution in [0.15, 0.2) is 30.5 Å². The van der Waals surface area contributed by atoms with Crippen molar-refractivity contribution in [1.29, 1.82) is 0 Å². The topological polar surface area (TPSA) is 28.2 Å². The van der Waals surface area contributed by atoms with Crippen molar-refractivity contribution in [3.8, 4) is 0 Å². The summed E-state index contributed by atoms with van der Waals surface area (Å²) in [5, 5.41) is 5.42. The van der Waals surface area contributed by atoms with Gasteiger partial charge in [0.25, 0.3) is 0 Å². The molecule has 4 heteroatoms. The van der Waals surface area contributed by atoms with Crippen molar-refractivity contribution in [3.05, 3.63) is 35.5 Å². The predicted octanol–water partition coefficient (Wildman–Crippen LogP) is 4.18. The van der Waals surface area contributed by atoms with Gasteiger partial charge in [0.1, 0.15) is 0 Å². The molecule has 3 rings (SSSR count). The number of pyridine rings is 1. The van der Waals surface area contributed by atoms with E-state index in [0.29, 0.717) is 0 Å². The number of anilines is 1. The Labute approximate surface area is 131 Å². The molecular weight excluding hydrogens is 282 g/mol. The zero-order valence-corrected chi connectivity index (χ0v) is 13.1. The third-order valence-electron chi connectivity index (χ3n) is 4.15. The zero-order chi connectivity index (χ0) is 14.5. The molecule has 112 valence electrons. The Kier molecular flexibility index (Phi) is 4.94. The van der Waals surface area contributed by atoms with E-state index >= 15 is 0 Å². The fourth-order valence-corrected chi connectivity index (χ4v) is 3.15. The van der Waals surface area contributed by atoms with Crippen molar-refractivity contribution in [1.82, 2.24) is 9.88 Å². The first-order valence-corrected chi connectivity index (χ1v) is 8.21. The number of hydrogen-bond acceptors (Lipinski definition) is 3. The minimum atomic E-state index is 0.733. The van der Waals surface area contributed by atoms with Crippen LogP contribution >= 0.6 is 11.6 Å². The number of fused-ring (bicyclic) bond motifs is 1. The lowest BCUT2D eigenvalue weighted by Gasteiger charge is -2.20. The molecule has 1 aromatic carbocycles. The average molecular weight is 304 g/mol. The first-order valence-electron chi connectivity index (χ1n) is 7.83. The van der Waals surface area contributed by atoms with Gasteiger partial charge in [0.15, 0.2) is 0 Å². The maximum atomic E-state index is 6.03. The van der Waals surface area contributed by atoms with Crippen LogP contribution in [-0.4, -0.2) is 36.1 Å². The molecule has 1 fully saturated rings. The van der Waals surface area contributed by atoms with E-state index in [2.05, 4.69) is 15.2 Å². The van der Waals surface area contributed by atoms with E-state index in [1.54, 1.807) is 0 Å². The molecular formula is C17H22ClN3. The number of nitrogens with zero attached hydrogens (tertiary/aromatic N) is 2. The Bertz CT molecular complexity index is 592. The summed E-state index contributed by atoms with van der Waals surface area (Å²) in [7, 11) is 0. The molecule has 0 amide bonds. The number of nitrogens with one attached hydrogen (secondary N) is 1. The number of halogens is 1. The zero-order valence-electron chi connectivity index (χ0n) is 12.3. The Balaban J connectivity index is 1.62. The van der Waals surface area contributed by atoms with Crippen molar-refractivity contribution in [2.45, 2.75) is 25.7 Å². The molecule has 0 saturated carbocycles. The highest BCUT2D eigenvalue weighted by Crippen LogP contribution is 2.24. The lowest BCUT2D eigenvalue weighted by molar-refractivity contribution is 0.296. The van der Waals surface area contributed by atoms with E-state index in [1.165, 1.54) is 38.8 Å². The lowest BCUT2D eigenvalue weighted by Crippen LogP contribution is -2.30. The maximum absolute atomic E-state index is 6.03.